The summed E-state index contributed by atoms with van der Waals surface area (Å²) < 4.78 is 7.02. The Bertz CT molecular complexity index is 793. The van der Waals surface area contributed by atoms with Crippen LogP contribution in [0.15, 0.2) is 36.5 Å². The SMILES string of the molecule is COc1cc2nc(-c3ccccc3C=O)cn2c(C)n1. The summed E-state index contributed by atoms with van der Waals surface area (Å²) in [5.74, 6) is 1.30. The Balaban J connectivity index is 2.23. The largest absolute Gasteiger partial charge is 0.481 e. The third-order valence-corrected chi connectivity index (χ3v) is 3.18. The van der Waals surface area contributed by atoms with E-state index in [1.54, 1.807) is 19.2 Å². The number of benzene rings is 1. The molecule has 0 aliphatic carbocycles. The smallest absolute Gasteiger partial charge is 0.218 e. The van der Waals surface area contributed by atoms with E-state index in [0.29, 0.717) is 11.4 Å². The molecule has 0 radical (unpaired) electrons. The topological polar surface area (TPSA) is 56.5 Å². The zero-order valence-corrected chi connectivity index (χ0v) is 11.2. The maximum Gasteiger partial charge on any atom is 0.218 e. The number of nitrogens with zero attached hydrogens (tertiary/aromatic N) is 3. The Morgan fingerprint density at radius 3 is 2.80 bits per heavy atom. The van der Waals surface area contributed by atoms with Crippen molar-refractivity contribution in [1.29, 1.82) is 0 Å². The van der Waals surface area contributed by atoms with Crippen molar-refractivity contribution in [3.05, 3.63) is 47.9 Å². The summed E-state index contributed by atoms with van der Waals surface area (Å²) in [6.45, 7) is 1.88. The van der Waals surface area contributed by atoms with E-state index >= 15 is 0 Å². The summed E-state index contributed by atoms with van der Waals surface area (Å²) in [7, 11) is 1.57. The van der Waals surface area contributed by atoms with Gasteiger partial charge in [-0.1, -0.05) is 24.3 Å². The van der Waals surface area contributed by atoms with Crippen molar-refractivity contribution in [3.8, 4) is 17.1 Å². The summed E-state index contributed by atoms with van der Waals surface area (Å²) >= 11 is 0. The highest BCUT2D eigenvalue weighted by atomic mass is 16.5. The van der Waals surface area contributed by atoms with Gasteiger partial charge in [-0.15, -0.1) is 0 Å². The maximum absolute atomic E-state index is 11.1. The molecule has 1 aromatic carbocycles. The average Bonchev–Trinajstić information content (AvgIpc) is 2.91. The molecule has 0 saturated heterocycles. The molecular weight excluding hydrogens is 254 g/mol. The molecule has 0 amide bonds. The van der Waals surface area contributed by atoms with E-state index in [4.69, 9.17) is 4.74 Å². The minimum Gasteiger partial charge on any atom is -0.481 e. The van der Waals surface area contributed by atoms with Crippen molar-refractivity contribution < 1.29 is 9.53 Å². The van der Waals surface area contributed by atoms with Crippen LogP contribution in [0.1, 0.15) is 16.2 Å². The van der Waals surface area contributed by atoms with Crippen LogP contribution >= 0.6 is 0 Å². The normalized spacial score (nSPS) is 10.7. The quantitative estimate of drug-likeness (QED) is 0.684. The molecule has 0 fully saturated rings. The van der Waals surface area contributed by atoms with Gasteiger partial charge < -0.3 is 4.74 Å². The van der Waals surface area contributed by atoms with Gasteiger partial charge in [-0.2, -0.15) is 0 Å². The van der Waals surface area contributed by atoms with E-state index < -0.39 is 0 Å². The lowest BCUT2D eigenvalue weighted by atomic mass is 10.1. The lowest BCUT2D eigenvalue weighted by Gasteiger charge is -2.01. The Morgan fingerprint density at radius 1 is 1.25 bits per heavy atom. The first kappa shape index (κ1) is 12.3. The fourth-order valence-corrected chi connectivity index (χ4v) is 2.18. The number of ether oxygens (including phenoxy) is 1. The van der Waals surface area contributed by atoms with E-state index in [2.05, 4.69) is 9.97 Å². The second-order valence-corrected chi connectivity index (χ2v) is 4.41. The molecule has 0 unspecified atom stereocenters. The summed E-state index contributed by atoms with van der Waals surface area (Å²) in [5.41, 5.74) is 2.91. The first-order valence-corrected chi connectivity index (χ1v) is 6.18. The van der Waals surface area contributed by atoms with Crippen LogP contribution in [0.25, 0.3) is 16.9 Å². The van der Waals surface area contributed by atoms with Gasteiger partial charge in [0.2, 0.25) is 5.88 Å². The highest BCUT2D eigenvalue weighted by Crippen LogP contribution is 2.24. The summed E-state index contributed by atoms with van der Waals surface area (Å²) in [4.78, 5) is 20.0. The van der Waals surface area contributed by atoms with E-state index in [0.717, 1.165) is 29.0 Å². The van der Waals surface area contributed by atoms with Crippen LogP contribution in [0, 0.1) is 6.92 Å². The first-order valence-electron chi connectivity index (χ1n) is 6.18. The number of hydrogen-bond acceptors (Lipinski definition) is 4. The van der Waals surface area contributed by atoms with Crippen LogP contribution in [-0.2, 0) is 0 Å². The summed E-state index contributed by atoms with van der Waals surface area (Å²) in [5, 5.41) is 0. The zero-order valence-electron chi connectivity index (χ0n) is 11.2. The number of methoxy groups -OCH3 is 1. The van der Waals surface area contributed by atoms with E-state index in [1.165, 1.54) is 0 Å². The fourth-order valence-electron chi connectivity index (χ4n) is 2.18. The molecule has 0 aliphatic heterocycles. The molecule has 0 bridgehead atoms. The number of imidazole rings is 1. The Morgan fingerprint density at radius 2 is 2.05 bits per heavy atom. The van der Waals surface area contributed by atoms with Crippen molar-refractivity contribution in [1.82, 2.24) is 14.4 Å². The Hall–Kier alpha value is -2.69. The standard InChI is InChI=1S/C15H13N3O2/c1-10-16-15(20-2)7-14-17-13(8-18(10)14)12-6-4-3-5-11(12)9-19/h3-9H,1-2H3. The number of carbonyl (C=O) groups is 1. The average molecular weight is 267 g/mol. The minimum atomic E-state index is 0.524. The third-order valence-electron chi connectivity index (χ3n) is 3.18. The summed E-state index contributed by atoms with van der Waals surface area (Å²) in [6.07, 6.45) is 2.71. The Labute approximate surface area is 115 Å². The predicted molar refractivity (Wildman–Crippen MR) is 75.1 cm³/mol. The van der Waals surface area contributed by atoms with E-state index in [1.807, 2.05) is 35.7 Å². The monoisotopic (exact) mass is 267 g/mol. The van der Waals surface area contributed by atoms with Gasteiger partial charge in [-0.3, -0.25) is 9.20 Å². The predicted octanol–water partition coefficient (Wildman–Crippen LogP) is 2.53. The van der Waals surface area contributed by atoms with Crippen molar-refractivity contribution in [2.75, 3.05) is 7.11 Å². The van der Waals surface area contributed by atoms with Crippen LogP contribution < -0.4 is 4.74 Å². The van der Waals surface area contributed by atoms with Gasteiger partial charge in [0.1, 0.15) is 11.5 Å². The van der Waals surface area contributed by atoms with Crippen LogP contribution in [0.4, 0.5) is 0 Å². The molecule has 5 nitrogen and oxygen atoms in total. The van der Waals surface area contributed by atoms with Crippen molar-refractivity contribution in [2.45, 2.75) is 6.92 Å². The number of aromatic nitrogens is 3. The molecule has 3 aromatic rings. The third kappa shape index (κ3) is 1.93. The second kappa shape index (κ2) is 4.77. The van der Waals surface area contributed by atoms with Crippen LogP contribution in [-0.4, -0.2) is 27.8 Å². The number of aldehydes is 1. The van der Waals surface area contributed by atoms with Gasteiger partial charge in [0.15, 0.2) is 6.29 Å². The number of hydrogen-bond donors (Lipinski definition) is 0. The molecule has 0 spiro atoms. The second-order valence-electron chi connectivity index (χ2n) is 4.41. The summed E-state index contributed by atoms with van der Waals surface area (Å²) in [6, 6.07) is 9.14. The highest BCUT2D eigenvalue weighted by Gasteiger charge is 2.11. The lowest BCUT2D eigenvalue weighted by molar-refractivity contribution is 0.112. The van der Waals surface area contributed by atoms with Crippen molar-refractivity contribution >= 4 is 11.9 Å². The molecule has 100 valence electrons. The Kier molecular flexibility index (Phi) is 2.95. The van der Waals surface area contributed by atoms with E-state index in [-0.39, 0.29) is 0 Å². The molecule has 0 atom stereocenters. The molecule has 2 aromatic heterocycles. The molecule has 3 rings (SSSR count). The van der Waals surface area contributed by atoms with Crippen LogP contribution in [0.3, 0.4) is 0 Å². The van der Waals surface area contributed by atoms with E-state index in [9.17, 15) is 4.79 Å². The molecule has 0 N–H and O–H groups in total. The highest BCUT2D eigenvalue weighted by molar-refractivity contribution is 5.86. The van der Waals surface area contributed by atoms with Gasteiger partial charge >= 0.3 is 0 Å². The van der Waals surface area contributed by atoms with Gasteiger partial charge in [-0.05, 0) is 6.92 Å². The van der Waals surface area contributed by atoms with Gasteiger partial charge in [0.25, 0.3) is 0 Å². The van der Waals surface area contributed by atoms with Gasteiger partial charge in [-0.25, -0.2) is 9.97 Å². The molecule has 5 heteroatoms. The first-order chi connectivity index (χ1) is 9.72. The molecule has 0 saturated carbocycles. The minimum absolute atomic E-state index is 0.524. The number of aryl methyl sites for hydroxylation is 1. The molecular formula is C15H13N3O2. The number of carbonyl (C=O) groups excluding carboxylic acids is 1. The van der Waals surface area contributed by atoms with Gasteiger partial charge in [0.05, 0.1) is 12.8 Å². The molecule has 0 aliphatic rings. The lowest BCUT2D eigenvalue weighted by Crippen LogP contribution is -1.96. The molecule has 2 heterocycles. The van der Waals surface area contributed by atoms with Crippen LogP contribution in [0.5, 0.6) is 5.88 Å². The van der Waals surface area contributed by atoms with Crippen molar-refractivity contribution in [3.63, 3.8) is 0 Å². The number of rotatable bonds is 3. The molecule has 20 heavy (non-hydrogen) atoms. The maximum atomic E-state index is 11.1. The number of fused-ring (bicyclic) bond motifs is 1. The van der Waals surface area contributed by atoms with Gasteiger partial charge in [0, 0.05) is 23.4 Å². The van der Waals surface area contributed by atoms with Crippen LogP contribution in [0.2, 0.25) is 0 Å². The zero-order chi connectivity index (χ0) is 14.1. The fraction of sp³-hybridized carbons (Fsp3) is 0.133. The van der Waals surface area contributed by atoms with Crippen molar-refractivity contribution in [2.24, 2.45) is 0 Å².